The molecule has 0 amide bonds. The molecule has 1 aliphatic rings. The number of hydrogen-bond donors (Lipinski definition) is 1. The molecule has 1 saturated heterocycles. The molecule has 3 nitrogen and oxygen atoms in total. The van der Waals surface area contributed by atoms with Crippen LogP contribution in [0, 0.1) is 0 Å². The Bertz CT molecular complexity index is 315. The summed E-state index contributed by atoms with van der Waals surface area (Å²) < 4.78 is 11.3. The lowest BCUT2D eigenvalue weighted by molar-refractivity contribution is -0.0216. The van der Waals surface area contributed by atoms with E-state index in [-0.39, 0.29) is 12.1 Å². The average Bonchev–Trinajstić information content (AvgIpc) is 2.38. The Morgan fingerprint density at radius 1 is 1.29 bits per heavy atom. The van der Waals surface area contributed by atoms with Crippen LogP contribution in [0.15, 0.2) is 30.3 Å². The summed E-state index contributed by atoms with van der Waals surface area (Å²) in [6.07, 6.45) is 3.24. The fourth-order valence-corrected chi connectivity index (χ4v) is 2.12. The Labute approximate surface area is 103 Å². The fourth-order valence-electron chi connectivity index (χ4n) is 2.12. The van der Waals surface area contributed by atoms with Gasteiger partial charge >= 0.3 is 0 Å². The van der Waals surface area contributed by atoms with Gasteiger partial charge in [0.15, 0.2) is 0 Å². The van der Waals surface area contributed by atoms with Crippen LogP contribution in [0.5, 0.6) is 0 Å². The zero-order valence-corrected chi connectivity index (χ0v) is 10.2. The van der Waals surface area contributed by atoms with Crippen LogP contribution < -0.4 is 5.73 Å². The van der Waals surface area contributed by atoms with Crippen LogP contribution in [0.3, 0.4) is 0 Å². The van der Waals surface area contributed by atoms with Crippen molar-refractivity contribution in [1.82, 2.24) is 0 Å². The van der Waals surface area contributed by atoms with Crippen molar-refractivity contribution in [2.24, 2.45) is 5.73 Å². The molecular formula is C14H21NO2. The monoisotopic (exact) mass is 235 g/mol. The Hall–Kier alpha value is -0.900. The molecule has 3 heteroatoms. The normalized spacial score (nSPS) is 24.8. The standard InChI is InChI=1S/C14H21NO2/c15-13-7-4-9-17-14(13)8-10-16-11-12-5-2-1-3-6-12/h1-3,5-6,13-14H,4,7-11,15H2/t13-,14-/m0/s1. The zero-order chi connectivity index (χ0) is 11.9. The molecule has 2 rings (SSSR count). The topological polar surface area (TPSA) is 44.5 Å². The van der Waals surface area contributed by atoms with Gasteiger partial charge in [0.05, 0.1) is 12.7 Å². The van der Waals surface area contributed by atoms with Gasteiger partial charge in [-0.3, -0.25) is 0 Å². The molecule has 0 saturated carbocycles. The number of hydrogen-bond acceptors (Lipinski definition) is 3. The van der Waals surface area contributed by atoms with Crippen LogP contribution in [0.1, 0.15) is 24.8 Å². The van der Waals surface area contributed by atoms with Crippen molar-refractivity contribution >= 4 is 0 Å². The van der Waals surface area contributed by atoms with Crippen LogP contribution in [0.4, 0.5) is 0 Å². The molecule has 2 N–H and O–H groups in total. The Morgan fingerprint density at radius 3 is 2.88 bits per heavy atom. The Kier molecular flexibility index (Phi) is 4.98. The summed E-state index contributed by atoms with van der Waals surface area (Å²) >= 11 is 0. The minimum atomic E-state index is 0.180. The number of ether oxygens (including phenoxy) is 2. The van der Waals surface area contributed by atoms with Crippen LogP contribution in [0.25, 0.3) is 0 Å². The van der Waals surface area contributed by atoms with Crippen molar-refractivity contribution in [3.8, 4) is 0 Å². The Balaban J connectivity index is 1.63. The summed E-state index contributed by atoms with van der Waals surface area (Å²) in [6.45, 7) is 2.23. The molecule has 0 bridgehead atoms. The van der Waals surface area contributed by atoms with Gasteiger partial charge in [-0.15, -0.1) is 0 Å². The number of benzene rings is 1. The van der Waals surface area contributed by atoms with E-state index in [9.17, 15) is 0 Å². The van der Waals surface area contributed by atoms with Crippen molar-refractivity contribution < 1.29 is 9.47 Å². The number of nitrogens with two attached hydrogens (primary N) is 1. The van der Waals surface area contributed by atoms with Gasteiger partial charge in [-0.1, -0.05) is 30.3 Å². The van der Waals surface area contributed by atoms with E-state index in [0.717, 1.165) is 25.9 Å². The first-order valence-corrected chi connectivity index (χ1v) is 6.35. The first-order valence-electron chi connectivity index (χ1n) is 6.35. The molecule has 1 fully saturated rings. The molecule has 0 spiro atoms. The summed E-state index contributed by atoms with van der Waals surface area (Å²) in [5, 5.41) is 0. The van der Waals surface area contributed by atoms with Gasteiger partial charge in [0.1, 0.15) is 0 Å². The Morgan fingerprint density at radius 2 is 2.12 bits per heavy atom. The van der Waals surface area contributed by atoms with E-state index in [0.29, 0.717) is 13.2 Å². The van der Waals surface area contributed by atoms with E-state index in [1.165, 1.54) is 5.56 Å². The molecule has 1 aliphatic heterocycles. The zero-order valence-electron chi connectivity index (χ0n) is 10.2. The third-order valence-corrected chi connectivity index (χ3v) is 3.15. The van der Waals surface area contributed by atoms with Crippen molar-refractivity contribution in [3.63, 3.8) is 0 Å². The van der Waals surface area contributed by atoms with Gasteiger partial charge in [0, 0.05) is 19.3 Å². The highest BCUT2D eigenvalue weighted by atomic mass is 16.5. The molecule has 1 heterocycles. The molecule has 2 atom stereocenters. The molecule has 0 unspecified atom stereocenters. The van der Waals surface area contributed by atoms with Gasteiger partial charge in [0.2, 0.25) is 0 Å². The van der Waals surface area contributed by atoms with Crippen LogP contribution in [-0.2, 0) is 16.1 Å². The summed E-state index contributed by atoms with van der Waals surface area (Å²) in [5.41, 5.74) is 7.20. The first-order chi connectivity index (χ1) is 8.36. The van der Waals surface area contributed by atoms with Gasteiger partial charge in [0.25, 0.3) is 0 Å². The highest BCUT2D eigenvalue weighted by Gasteiger charge is 2.21. The average molecular weight is 235 g/mol. The SMILES string of the molecule is N[C@H]1CCCO[C@H]1CCOCc1ccccc1. The van der Waals surface area contributed by atoms with E-state index >= 15 is 0 Å². The second kappa shape index (κ2) is 6.74. The van der Waals surface area contributed by atoms with Crippen molar-refractivity contribution in [2.75, 3.05) is 13.2 Å². The summed E-state index contributed by atoms with van der Waals surface area (Å²) in [6, 6.07) is 10.4. The van der Waals surface area contributed by atoms with Crippen molar-refractivity contribution in [1.29, 1.82) is 0 Å². The third kappa shape index (κ3) is 4.11. The maximum absolute atomic E-state index is 5.99. The maximum Gasteiger partial charge on any atom is 0.0747 e. The lowest BCUT2D eigenvalue weighted by atomic mass is 10.0. The van der Waals surface area contributed by atoms with Crippen LogP contribution in [-0.4, -0.2) is 25.4 Å². The summed E-state index contributed by atoms with van der Waals surface area (Å²) in [4.78, 5) is 0. The van der Waals surface area contributed by atoms with Crippen LogP contribution in [0.2, 0.25) is 0 Å². The highest BCUT2D eigenvalue weighted by molar-refractivity contribution is 5.13. The molecular weight excluding hydrogens is 214 g/mol. The largest absolute Gasteiger partial charge is 0.377 e. The maximum atomic E-state index is 5.99. The molecule has 0 aromatic heterocycles. The second-order valence-electron chi connectivity index (χ2n) is 4.54. The smallest absolute Gasteiger partial charge is 0.0747 e. The van der Waals surface area contributed by atoms with E-state index < -0.39 is 0 Å². The van der Waals surface area contributed by atoms with E-state index in [1.54, 1.807) is 0 Å². The van der Waals surface area contributed by atoms with Crippen LogP contribution >= 0.6 is 0 Å². The lowest BCUT2D eigenvalue weighted by Crippen LogP contribution is -2.41. The first kappa shape index (κ1) is 12.6. The van der Waals surface area contributed by atoms with Gasteiger partial charge < -0.3 is 15.2 Å². The quantitative estimate of drug-likeness (QED) is 0.795. The summed E-state index contributed by atoms with van der Waals surface area (Å²) in [5.74, 6) is 0. The lowest BCUT2D eigenvalue weighted by Gasteiger charge is -2.28. The van der Waals surface area contributed by atoms with Crippen molar-refractivity contribution in [2.45, 2.75) is 38.0 Å². The van der Waals surface area contributed by atoms with Crippen molar-refractivity contribution in [3.05, 3.63) is 35.9 Å². The minimum Gasteiger partial charge on any atom is -0.377 e. The van der Waals surface area contributed by atoms with Gasteiger partial charge in [-0.25, -0.2) is 0 Å². The molecule has 17 heavy (non-hydrogen) atoms. The molecule has 1 aromatic carbocycles. The predicted molar refractivity (Wildman–Crippen MR) is 67.7 cm³/mol. The van der Waals surface area contributed by atoms with Gasteiger partial charge in [-0.05, 0) is 24.8 Å². The molecule has 94 valence electrons. The van der Waals surface area contributed by atoms with Gasteiger partial charge in [-0.2, -0.15) is 0 Å². The third-order valence-electron chi connectivity index (χ3n) is 3.15. The molecule has 0 radical (unpaired) electrons. The molecule has 1 aromatic rings. The predicted octanol–water partition coefficient (Wildman–Crippen LogP) is 2.10. The summed E-state index contributed by atoms with van der Waals surface area (Å²) in [7, 11) is 0. The van der Waals surface area contributed by atoms with E-state index in [1.807, 2.05) is 18.2 Å². The van der Waals surface area contributed by atoms with E-state index in [2.05, 4.69) is 12.1 Å². The minimum absolute atomic E-state index is 0.180. The van der Waals surface area contributed by atoms with E-state index in [4.69, 9.17) is 15.2 Å². The second-order valence-corrected chi connectivity index (χ2v) is 4.54. The fraction of sp³-hybridized carbons (Fsp3) is 0.571. The number of rotatable bonds is 5. The molecule has 0 aliphatic carbocycles. The highest BCUT2D eigenvalue weighted by Crippen LogP contribution is 2.15.